The quantitative estimate of drug-likeness (QED) is 0.251. The molecule has 3 aromatic carbocycles. The fourth-order valence-electron chi connectivity index (χ4n) is 3.22. The minimum absolute atomic E-state index is 0.475. The van der Waals surface area contributed by atoms with Gasteiger partial charge in [0.2, 0.25) is 0 Å². The number of nitrogens with one attached hydrogen (secondary N) is 2. The Hall–Kier alpha value is -4.72. The lowest BCUT2D eigenvalue weighted by Gasteiger charge is -2.06. The first-order chi connectivity index (χ1) is 16.6. The van der Waals surface area contributed by atoms with E-state index in [1.54, 1.807) is 28.9 Å². The molecule has 1 heterocycles. The van der Waals surface area contributed by atoms with Crippen molar-refractivity contribution in [2.75, 3.05) is 11.9 Å². The summed E-state index contributed by atoms with van der Waals surface area (Å²) in [5.41, 5.74) is 5.91. The van der Waals surface area contributed by atoms with Crippen molar-refractivity contribution >= 4 is 23.7 Å². The summed E-state index contributed by atoms with van der Waals surface area (Å²) in [6.45, 7) is 2.43. The largest absolute Gasteiger partial charge is 0.494 e. The second kappa shape index (κ2) is 10.7. The second-order valence-electron chi connectivity index (χ2n) is 7.19. The third-order valence-electron chi connectivity index (χ3n) is 4.81. The van der Waals surface area contributed by atoms with Gasteiger partial charge in [0.1, 0.15) is 11.4 Å². The van der Waals surface area contributed by atoms with Gasteiger partial charge in [0, 0.05) is 23.0 Å². The predicted molar refractivity (Wildman–Crippen MR) is 131 cm³/mol. The monoisotopic (exact) mass is 453 g/mol. The van der Waals surface area contributed by atoms with E-state index in [-0.39, 0.29) is 0 Å². The topological polar surface area (TPSA) is 97.6 Å². The summed E-state index contributed by atoms with van der Waals surface area (Å²) in [4.78, 5) is 24.4. The highest BCUT2D eigenvalue weighted by Gasteiger charge is 2.14. The number of aromatic nitrogens is 2. The van der Waals surface area contributed by atoms with Crippen LogP contribution in [-0.2, 0) is 9.59 Å². The van der Waals surface area contributed by atoms with Crippen molar-refractivity contribution in [2.45, 2.75) is 6.92 Å². The second-order valence-corrected chi connectivity index (χ2v) is 7.19. The molecule has 8 nitrogen and oxygen atoms in total. The Balaban J connectivity index is 1.46. The lowest BCUT2D eigenvalue weighted by atomic mass is 10.1. The first-order valence-electron chi connectivity index (χ1n) is 10.7. The number of nitrogens with zero attached hydrogens (tertiary/aromatic N) is 3. The molecule has 34 heavy (non-hydrogen) atoms. The number of hydrazone groups is 1. The van der Waals surface area contributed by atoms with Crippen LogP contribution in [0.5, 0.6) is 5.75 Å². The number of rotatable bonds is 7. The van der Waals surface area contributed by atoms with Crippen LogP contribution in [0.2, 0.25) is 0 Å². The molecule has 0 saturated heterocycles. The smallest absolute Gasteiger partial charge is 0.329 e. The zero-order chi connectivity index (χ0) is 23.8. The number of carbonyl (C=O) groups is 2. The van der Waals surface area contributed by atoms with Crippen LogP contribution < -0.4 is 15.5 Å². The number of hydrogen-bond acceptors (Lipinski definition) is 5. The fourth-order valence-corrected chi connectivity index (χ4v) is 3.22. The maximum absolute atomic E-state index is 12.2. The molecule has 2 amide bonds. The van der Waals surface area contributed by atoms with Gasteiger partial charge in [-0.25, -0.2) is 10.1 Å². The average molecular weight is 454 g/mol. The van der Waals surface area contributed by atoms with E-state index in [2.05, 4.69) is 20.9 Å². The predicted octanol–water partition coefficient (Wildman–Crippen LogP) is 4.03. The van der Waals surface area contributed by atoms with Crippen LogP contribution in [-0.4, -0.2) is 34.4 Å². The number of hydrogen-bond donors (Lipinski definition) is 2. The van der Waals surface area contributed by atoms with Crippen molar-refractivity contribution in [3.05, 3.63) is 96.7 Å². The van der Waals surface area contributed by atoms with Crippen molar-refractivity contribution in [1.29, 1.82) is 0 Å². The number of benzene rings is 3. The molecule has 0 aliphatic heterocycles. The van der Waals surface area contributed by atoms with Crippen molar-refractivity contribution in [3.8, 4) is 22.7 Å². The Labute approximate surface area is 196 Å². The molecule has 0 aliphatic rings. The molecule has 0 bridgehead atoms. The van der Waals surface area contributed by atoms with Crippen molar-refractivity contribution in [1.82, 2.24) is 15.2 Å². The van der Waals surface area contributed by atoms with Gasteiger partial charge < -0.3 is 10.1 Å². The van der Waals surface area contributed by atoms with Gasteiger partial charge in [-0.1, -0.05) is 48.5 Å². The van der Waals surface area contributed by atoms with E-state index in [1.807, 2.05) is 73.8 Å². The van der Waals surface area contributed by atoms with Gasteiger partial charge in [-0.2, -0.15) is 10.2 Å². The van der Waals surface area contributed by atoms with Gasteiger partial charge in [0.05, 0.1) is 18.5 Å². The van der Waals surface area contributed by atoms with E-state index < -0.39 is 11.8 Å². The molecule has 0 atom stereocenters. The first kappa shape index (κ1) is 22.5. The van der Waals surface area contributed by atoms with Gasteiger partial charge in [-0.05, 0) is 43.3 Å². The van der Waals surface area contributed by atoms with E-state index in [0.29, 0.717) is 29.3 Å². The number of amides is 2. The van der Waals surface area contributed by atoms with Gasteiger partial charge >= 0.3 is 11.8 Å². The van der Waals surface area contributed by atoms with Gasteiger partial charge in [0.25, 0.3) is 0 Å². The standard InChI is InChI=1S/C26H23N5O3/c1-2-34-23-15-13-21(14-16-23)28-25(32)26(33)29-27-17-20-18-31(22-11-7-4-8-12-22)30-24(20)19-9-5-3-6-10-19/h3-18H,2H2,1H3,(H,28,32)(H,29,33)/b27-17-. The van der Waals surface area contributed by atoms with Crippen LogP contribution in [0.15, 0.2) is 96.2 Å². The Morgan fingerprint density at radius 1 is 0.941 bits per heavy atom. The van der Waals surface area contributed by atoms with E-state index in [9.17, 15) is 9.59 Å². The summed E-state index contributed by atoms with van der Waals surface area (Å²) in [6.07, 6.45) is 3.28. The Bertz CT molecular complexity index is 1280. The number of ether oxygens (including phenoxy) is 1. The van der Waals surface area contributed by atoms with E-state index in [0.717, 1.165) is 11.3 Å². The van der Waals surface area contributed by atoms with Crippen LogP contribution in [0.3, 0.4) is 0 Å². The molecule has 170 valence electrons. The lowest BCUT2D eigenvalue weighted by molar-refractivity contribution is -0.136. The normalized spacial score (nSPS) is 10.7. The molecule has 4 aromatic rings. The maximum atomic E-state index is 12.2. The molecule has 0 fully saturated rings. The van der Waals surface area contributed by atoms with E-state index >= 15 is 0 Å². The third-order valence-corrected chi connectivity index (χ3v) is 4.81. The molecular formula is C26H23N5O3. The highest BCUT2D eigenvalue weighted by atomic mass is 16.5. The van der Waals surface area contributed by atoms with Gasteiger partial charge in [-0.15, -0.1) is 0 Å². The Morgan fingerprint density at radius 2 is 1.62 bits per heavy atom. The summed E-state index contributed by atoms with van der Waals surface area (Å²) in [6, 6.07) is 26.1. The average Bonchev–Trinajstić information content (AvgIpc) is 3.30. The van der Waals surface area contributed by atoms with Crippen LogP contribution in [0.1, 0.15) is 12.5 Å². The van der Waals surface area contributed by atoms with Gasteiger partial charge in [-0.3, -0.25) is 9.59 Å². The van der Waals surface area contributed by atoms with Crippen LogP contribution in [0, 0.1) is 0 Å². The lowest BCUT2D eigenvalue weighted by Crippen LogP contribution is -2.32. The molecule has 0 aliphatic carbocycles. The SMILES string of the molecule is CCOc1ccc(NC(=O)C(=O)N/N=C\c2cn(-c3ccccc3)nc2-c2ccccc2)cc1. The Kier molecular flexibility index (Phi) is 7.09. The first-order valence-corrected chi connectivity index (χ1v) is 10.7. The van der Waals surface area contributed by atoms with Crippen molar-refractivity contribution in [3.63, 3.8) is 0 Å². The van der Waals surface area contributed by atoms with Crippen LogP contribution >= 0.6 is 0 Å². The molecule has 0 unspecified atom stereocenters. The van der Waals surface area contributed by atoms with Crippen molar-refractivity contribution < 1.29 is 14.3 Å². The summed E-state index contributed by atoms with van der Waals surface area (Å²) in [5.74, 6) is -1.04. The molecule has 2 N–H and O–H groups in total. The molecule has 8 heteroatoms. The van der Waals surface area contributed by atoms with Crippen LogP contribution in [0.4, 0.5) is 5.69 Å². The summed E-state index contributed by atoms with van der Waals surface area (Å²) in [5, 5.41) is 11.2. The zero-order valence-electron chi connectivity index (χ0n) is 18.5. The minimum Gasteiger partial charge on any atom is -0.494 e. The molecule has 0 saturated carbocycles. The molecular weight excluding hydrogens is 430 g/mol. The minimum atomic E-state index is -0.887. The third kappa shape index (κ3) is 5.55. The molecule has 0 radical (unpaired) electrons. The number of carbonyl (C=O) groups excluding carboxylic acids is 2. The van der Waals surface area contributed by atoms with E-state index in [1.165, 1.54) is 6.21 Å². The van der Waals surface area contributed by atoms with Crippen LogP contribution in [0.25, 0.3) is 16.9 Å². The summed E-state index contributed by atoms with van der Waals surface area (Å²) in [7, 11) is 0. The zero-order valence-corrected chi connectivity index (χ0v) is 18.5. The fraction of sp³-hybridized carbons (Fsp3) is 0.0769. The summed E-state index contributed by atoms with van der Waals surface area (Å²) < 4.78 is 7.10. The molecule has 1 aromatic heterocycles. The molecule has 4 rings (SSSR count). The maximum Gasteiger partial charge on any atom is 0.329 e. The number of para-hydroxylation sites is 1. The summed E-state index contributed by atoms with van der Waals surface area (Å²) >= 11 is 0. The van der Waals surface area contributed by atoms with Crippen molar-refractivity contribution in [2.24, 2.45) is 5.10 Å². The molecule has 0 spiro atoms. The highest BCUT2D eigenvalue weighted by Crippen LogP contribution is 2.22. The van der Waals surface area contributed by atoms with E-state index in [4.69, 9.17) is 4.74 Å². The Morgan fingerprint density at radius 3 is 2.29 bits per heavy atom. The van der Waals surface area contributed by atoms with Gasteiger partial charge in [0.15, 0.2) is 0 Å². The number of anilines is 1. The highest BCUT2D eigenvalue weighted by molar-refractivity contribution is 6.39.